The maximum Gasteiger partial charge on any atom is 0.262 e. The highest BCUT2D eigenvalue weighted by atomic mass is 35.5. The van der Waals surface area contributed by atoms with E-state index in [1.54, 1.807) is 26.0 Å². The molecule has 3 N–H and O–H groups in total. The highest BCUT2D eigenvalue weighted by Crippen LogP contribution is 2.27. The second-order valence-corrected chi connectivity index (χ2v) is 7.10. The van der Waals surface area contributed by atoms with Crippen LogP contribution in [0.4, 0.5) is 11.4 Å². The van der Waals surface area contributed by atoms with Crippen LogP contribution in [0.5, 0.6) is 0 Å². The van der Waals surface area contributed by atoms with Crippen LogP contribution in [-0.4, -0.2) is 8.42 Å². The molecule has 0 amide bonds. The molecule has 0 aliphatic heterocycles. The van der Waals surface area contributed by atoms with Crippen LogP contribution < -0.4 is 10.5 Å². The Morgan fingerprint density at radius 3 is 2.14 bits per heavy atom. The van der Waals surface area contributed by atoms with Gasteiger partial charge in [0.1, 0.15) is 0 Å². The van der Waals surface area contributed by atoms with Crippen LogP contribution in [0.2, 0.25) is 5.02 Å². The topological polar surface area (TPSA) is 72.2 Å². The number of nitrogens with two attached hydrogens (primary N) is 1. The Morgan fingerprint density at radius 1 is 1.05 bits per heavy atom. The van der Waals surface area contributed by atoms with E-state index in [9.17, 15) is 8.42 Å². The van der Waals surface area contributed by atoms with E-state index < -0.39 is 10.0 Å². The molecule has 2 rings (SSSR count). The molecule has 0 spiro atoms. The molecule has 0 unspecified atom stereocenters. The molecule has 0 atom stereocenters. The molecule has 0 saturated heterocycles. The van der Waals surface area contributed by atoms with Crippen molar-refractivity contribution in [2.75, 3.05) is 10.5 Å². The van der Waals surface area contributed by atoms with Gasteiger partial charge in [-0.2, -0.15) is 0 Å². The molecular weight excluding hydrogens is 308 g/mol. The van der Waals surface area contributed by atoms with Crippen LogP contribution in [0.1, 0.15) is 16.7 Å². The quantitative estimate of drug-likeness (QED) is 0.846. The zero-order valence-electron chi connectivity index (χ0n) is 12.1. The minimum absolute atomic E-state index is 0.293. The molecule has 2 aromatic rings. The third-order valence-electron chi connectivity index (χ3n) is 3.13. The molecule has 21 heavy (non-hydrogen) atoms. The minimum atomic E-state index is -3.67. The average Bonchev–Trinajstić information content (AvgIpc) is 2.31. The lowest BCUT2D eigenvalue weighted by atomic mass is 10.1. The zero-order valence-corrected chi connectivity index (χ0v) is 13.6. The third kappa shape index (κ3) is 3.31. The minimum Gasteiger partial charge on any atom is -0.398 e. The fourth-order valence-corrected chi connectivity index (χ4v) is 4.07. The van der Waals surface area contributed by atoms with Gasteiger partial charge in [0.2, 0.25) is 0 Å². The van der Waals surface area contributed by atoms with Gasteiger partial charge in [-0.25, -0.2) is 8.42 Å². The van der Waals surface area contributed by atoms with E-state index in [4.69, 9.17) is 17.3 Å². The number of sulfonamides is 1. The van der Waals surface area contributed by atoms with Gasteiger partial charge in [0.15, 0.2) is 0 Å². The fourth-order valence-electron chi connectivity index (χ4n) is 2.39. The Balaban J connectivity index is 2.46. The van der Waals surface area contributed by atoms with Gasteiger partial charge in [-0.15, -0.1) is 0 Å². The van der Waals surface area contributed by atoms with Crippen molar-refractivity contribution in [2.45, 2.75) is 25.7 Å². The van der Waals surface area contributed by atoms with Gasteiger partial charge in [-0.1, -0.05) is 29.3 Å². The summed E-state index contributed by atoms with van der Waals surface area (Å²) in [6.45, 7) is 5.50. The van der Waals surface area contributed by atoms with Crippen LogP contribution in [0.15, 0.2) is 35.2 Å². The molecule has 0 aliphatic rings. The predicted octanol–water partition coefficient (Wildman–Crippen LogP) is 3.65. The standard InChI is InChI=1S/C15H17ClN2O2S/c1-9-6-10(2)15(11(3)7-9)21(19,20)18-12-4-5-14(17)13(16)8-12/h4-8,18H,17H2,1-3H3. The molecule has 0 radical (unpaired) electrons. The van der Waals surface area contributed by atoms with Crippen molar-refractivity contribution in [1.82, 2.24) is 0 Å². The smallest absolute Gasteiger partial charge is 0.262 e. The van der Waals surface area contributed by atoms with Gasteiger partial charge >= 0.3 is 0 Å². The molecule has 0 saturated carbocycles. The maximum atomic E-state index is 12.6. The first-order valence-corrected chi connectivity index (χ1v) is 8.22. The number of benzene rings is 2. The second-order valence-electron chi connectivity index (χ2n) is 5.07. The lowest BCUT2D eigenvalue weighted by Crippen LogP contribution is -2.16. The molecular formula is C15H17ClN2O2S. The molecule has 2 aromatic carbocycles. The first-order valence-electron chi connectivity index (χ1n) is 6.36. The molecule has 0 fully saturated rings. The summed E-state index contributed by atoms with van der Waals surface area (Å²) in [4.78, 5) is 0.293. The van der Waals surface area contributed by atoms with Gasteiger partial charge in [0.05, 0.1) is 21.3 Å². The van der Waals surface area contributed by atoms with Crippen molar-refractivity contribution in [2.24, 2.45) is 0 Å². The van der Waals surface area contributed by atoms with Gasteiger partial charge in [-0.3, -0.25) is 4.72 Å². The van der Waals surface area contributed by atoms with Crippen LogP contribution in [0.25, 0.3) is 0 Å². The highest BCUT2D eigenvalue weighted by Gasteiger charge is 2.20. The van der Waals surface area contributed by atoms with Crippen LogP contribution in [0.3, 0.4) is 0 Å². The number of hydrogen-bond donors (Lipinski definition) is 2. The monoisotopic (exact) mass is 324 g/mol. The third-order valence-corrected chi connectivity index (χ3v) is 5.14. The van der Waals surface area contributed by atoms with E-state index in [1.807, 2.05) is 19.1 Å². The molecule has 0 aliphatic carbocycles. The lowest BCUT2D eigenvalue weighted by molar-refractivity contribution is 0.600. The second kappa shape index (κ2) is 5.58. The summed E-state index contributed by atoms with van der Waals surface area (Å²) in [7, 11) is -3.67. The first kappa shape index (κ1) is 15.7. The highest BCUT2D eigenvalue weighted by molar-refractivity contribution is 7.92. The number of aryl methyl sites for hydroxylation is 3. The van der Waals surface area contributed by atoms with Crippen LogP contribution in [-0.2, 0) is 10.0 Å². The fraction of sp³-hybridized carbons (Fsp3) is 0.200. The van der Waals surface area contributed by atoms with E-state index >= 15 is 0 Å². The van der Waals surface area contributed by atoms with Crippen molar-refractivity contribution < 1.29 is 8.42 Å². The largest absolute Gasteiger partial charge is 0.398 e. The predicted molar refractivity (Wildman–Crippen MR) is 87.3 cm³/mol. The van der Waals surface area contributed by atoms with Crippen LogP contribution >= 0.6 is 11.6 Å². The molecule has 6 heteroatoms. The number of rotatable bonds is 3. The number of nitrogen functional groups attached to an aromatic ring is 1. The zero-order chi connectivity index (χ0) is 15.8. The Bertz CT molecular complexity index is 778. The normalized spacial score (nSPS) is 11.4. The van der Waals surface area contributed by atoms with Crippen molar-refractivity contribution in [1.29, 1.82) is 0 Å². The molecule has 0 aromatic heterocycles. The van der Waals surface area contributed by atoms with Crippen molar-refractivity contribution >= 4 is 33.0 Å². The van der Waals surface area contributed by atoms with Crippen LogP contribution in [0, 0.1) is 20.8 Å². The SMILES string of the molecule is Cc1cc(C)c(S(=O)(=O)Nc2ccc(N)c(Cl)c2)c(C)c1. The maximum absolute atomic E-state index is 12.6. The van der Waals surface area contributed by atoms with Crippen molar-refractivity contribution in [3.63, 3.8) is 0 Å². The van der Waals surface area contributed by atoms with Crippen molar-refractivity contribution in [3.8, 4) is 0 Å². The summed E-state index contributed by atoms with van der Waals surface area (Å²) in [5.41, 5.74) is 8.85. The first-order chi connectivity index (χ1) is 9.70. The number of nitrogens with one attached hydrogen (secondary N) is 1. The lowest BCUT2D eigenvalue weighted by Gasteiger charge is -2.14. The molecule has 112 valence electrons. The van der Waals surface area contributed by atoms with Gasteiger partial charge in [0, 0.05) is 0 Å². The molecule has 0 bridgehead atoms. The van der Waals surface area contributed by atoms with Gasteiger partial charge < -0.3 is 5.73 Å². The molecule has 4 nitrogen and oxygen atoms in total. The Kier molecular flexibility index (Phi) is 4.16. The summed E-state index contributed by atoms with van der Waals surface area (Å²) in [5.74, 6) is 0. The Morgan fingerprint density at radius 2 is 1.62 bits per heavy atom. The summed E-state index contributed by atoms with van der Waals surface area (Å²) in [6.07, 6.45) is 0. The number of anilines is 2. The van der Waals surface area contributed by atoms with E-state index in [2.05, 4.69) is 4.72 Å². The Hall–Kier alpha value is -1.72. The number of hydrogen-bond acceptors (Lipinski definition) is 3. The summed E-state index contributed by atoms with van der Waals surface area (Å²) in [6, 6.07) is 8.33. The van der Waals surface area contributed by atoms with Crippen molar-refractivity contribution in [3.05, 3.63) is 52.0 Å². The van der Waals surface area contributed by atoms with Gasteiger partial charge in [-0.05, 0) is 50.1 Å². The number of halogens is 1. The summed E-state index contributed by atoms with van der Waals surface area (Å²) >= 11 is 5.91. The van der Waals surface area contributed by atoms with Gasteiger partial charge in [0.25, 0.3) is 10.0 Å². The van der Waals surface area contributed by atoms with E-state index in [0.717, 1.165) is 5.56 Å². The summed E-state index contributed by atoms with van der Waals surface area (Å²) in [5, 5.41) is 0.313. The molecule has 0 heterocycles. The average molecular weight is 325 g/mol. The summed E-state index contributed by atoms with van der Waals surface area (Å²) < 4.78 is 27.7. The van der Waals surface area contributed by atoms with E-state index in [0.29, 0.717) is 32.4 Å². The van der Waals surface area contributed by atoms with E-state index in [1.165, 1.54) is 6.07 Å². The Labute approximate surface area is 130 Å². The van der Waals surface area contributed by atoms with E-state index in [-0.39, 0.29) is 0 Å².